The molecular weight excluding hydrogens is 376 g/mol. The van der Waals surface area contributed by atoms with Crippen molar-refractivity contribution in [2.24, 2.45) is 5.92 Å². The van der Waals surface area contributed by atoms with Crippen LogP contribution in [0.2, 0.25) is 0 Å². The highest BCUT2D eigenvalue weighted by molar-refractivity contribution is 5.96. The number of benzene rings is 1. The van der Waals surface area contributed by atoms with E-state index in [9.17, 15) is 9.59 Å². The van der Waals surface area contributed by atoms with Gasteiger partial charge in [0.1, 0.15) is 0 Å². The van der Waals surface area contributed by atoms with Crippen LogP contribution in [0.4, 0.5) is 0 Å². The van der Waals surface area contributed by atoms with Crippen molar-refractivity contribution >= 4 is 11.8 Å². The molecule has 2 fully saturated rings. The van der Waals surface area contributed by atoms with E-state index in [1.165, 1.54) is 12.0 Å². The van der Waals surface area contributed by atoms with E-state index in [4.69, 9.17) is 0 Å². The molecule has 0 N–H and O–H groups in total. The molecule has 4 rings (SSSR count). The lowest BCUT2D eigenvalue weighted by molar-refractivity contribution is -0.137. The van der Waals surface area contributed by atoms with Crippen molar-refractivity contribution in [3.8, 4) is 0 Å². The summed E-state index contributed by atoms with van der Waals surface area (Å²) in [5.41, 5.74) is 3.57. The first-order valence-corrected chi connectivity index (χ1v) is 11.2. The van der Waals surface area contributed by atoms with Gasteiger partial charge in [-0.1, -0.05) is 30.3 Å². The molecule has 0 saturated carbocycles. The van der Waals surface area contributed by atoms with Gasteiger partial charge in [0, 0.05) is 37.8 Å². The summed E-state index contributed by atoms with van der Waals surface area (Å²) in [5, 5.41) is 4.63. The van der Waals surface area contributed by atoms with Gasteiger partial charge in [-0.05, 0) is 51.5 Å². The van der Waals surface area contributed by atoms with E-state index in [1.54, 1.807) is 0 Å². The zero-order valence-electron chi connectivity index (χ0n) is 18.1. The molecule has 2 aromatic rings. The van der Waals surface area contributed by atoms with E-state index < -0.39 is 0 Å². The van der Waals surface area contributed by atoms with Crippen molar-refractivity contribution < 1.29 is 9.59 Å². The van der Waals surface area contributed by atoms with Crippen LogP contribution in [-0.2, 0) is 11.3 Å². The number of aryl methyl sites for hydroxylation is 1. The number of rotatable bonds is 4. The van der Waals surface area contributed by atoms with Crippen LogP contribution in [0, 0.1) is 19.8 Å². The lowest BCUT2D eigenvalue weighted by Crippen LogP contribution is -2.45. The summed E-state index contributed by atoms with van der Waals surface area (Å²) in [5.74, 6) is 0.410. The fourth-order valence-corrected chi connectivity index (χ4v) is 4.78. The van der Waals surface area contributed by atoms with E-state index >= 15 is 0 Å². The largest absolute Gasteiger partial charge is 0.342 e. The smallest absolute Gasteiger partial charge is 0.257 e. The Hall–Kier alpha value is -2.63. The van der Waals surface area contributed by atoms with Gasteiger partial charge >= 0.3 is 0 Å². The highest BCUT2D eigenvalue weighted by atomic mass is 16.2. The van der Waals surface area contributed by atoms with Gasteiger partial charge < -0.3 is 9.80 Å². The van der Waals surface area contributed by atoms with Gasteiger partial charge in [-0.3, -0.25) is 14.3 Å². The monoisotopic (exact) mass is 408 g/mol. The predicted molar refractivity (Wildman–Crippen MR) is 116 cm³/mol. The maximum atomic E-state index is 13.3. The summed E-state index contributed by atoms with van der Waals surface area (Å²) in [6.07, 6.45) is 4.99. The number of hydrogen-bond donors (Lipinski definition) is 0. The van der Waals surface area contributed by atoms with Gasteiger partial charge in [-0.25, -0.2) is 0 Å². The summed E-state index contributed by atoms with van der Waals surface area (Å²) >= 11 is 0. The SMILES string of the molecule is Cc1nn(Cc2ccccc2)c(C)c1C(=O)N1CCC(C(=O)N2CCCCC2)CC1. The minimum Gasteiger partial charge on any atom is -0.342 e. The fraction of sp³-hybridized carbons (Fsp3) is 0.542. The lowest BCUT2D eigenvalue weighted by atomic mass is 9.94. The molecule has 0 bridgehead atoms. The average Bonchev–Trinajstić information content (AvgIpc) is 3.07. The molecule has 2 aliphatic rings. The van der Waals surface area contributed by atoms with Gasteiger partial charge in [0.05, 0.1) is 17.8 Å². The Kier molecular flexibility index (Phi) is 6.21. The van der Waals surface area contributed by atoms with Crippen LogP contribution in [0.5, 0.6) is 0 Å². The Bertz CT molecular complexity index is 891. The third-order valence-electron chi connectivity index (χ3n) is 6.57. The maximum absolute atomic E-state index is 13.3. The Morgan fingerprint density at radius 1 is 0.933 bits per heavy atom. The van der Waals surface area contributed by atoms with Gasteiger partial charge in [0.25, 0.3) is 5.91 Å². The number of aromatic nitrogens is 2. The molecule has 2 aliphatic heterocycles. The summed E-state index contributed by atoms with van der Waals surface area (Å²) in [7, 11) is 0. The second-order valence-electron chi connectivity index (χ2n) is 8.64. The number of hydrogen-bond acceptors (Lipinski definition) is 3. The molecule has 1 aromatic heterocycles. The standard InChI is InChI=1S/C24H32N4O2/c1-18-22(19(2)28(25-18)17-20-9-5-3-6-10-20)24(30)27-15-11-21(12-16-27)23(29)26-13-7-4-8-14-26/h3,5-6,9-10,21H,4,7-8,11-17H2,1-2H3. The zero-order chi connectivity index (χ0) is 21.1. The zero-order valence-corrected chi connectivity index (χ0v) is 18.1. The van der Waals surface area contributed by atoms with Crippen LogP contribution in [0.3, 0.4) is 0 Å². The number of carbonyl (C=O) groups excluding carboxylic acids is 2. The number of carbonyl (C=O) groups is 2. The predicted octanol–water partition coefficient (Wildman–Crippen LogP) is 3.41. The minimum absolute atomic E-state index is 0.0492. The molecule has 0 atom stereocenters. The highest BCUT2D eigenvalue weighted by Crippen LogP contribution is 2.25. The van der Waals surface area contributed by atoms with Crippen LogP contribution in [0.25, 0.3) is 0 Å². The highest BCUT2D eigenvalue weighted by Gasteiger charge is 2.32. The first kappa shape index (κ1) is 20.6. The molecular formula is C24H32N4O2. The van der Waals surface area contributed by atoms with Crippen molar-refractivity contribution in [2.75, 3.05) is 26.2 Å². The van der Waals surface area contributed by atoms with Crippen molar-refractivity contribution in [3.05, 3.63) is 52.8 Å². The van der Waals surface area contributed by atoms with Crippen LogP contribution < -0.4 is 0 Å². The lowest BCUT2D eigenvalue weighted by Gasteiger charge is -2.35. The van der Waals surface area contributed by atoms with Crippen LogP contribution >= 0.6 is 0 Å². The normalized spacial score (nSPS) is 17.9. The second-order valence-corrected chi connectivity index (χ2v) is 8.64. The number of nitrogens with zero attached hydrogens (tertiary/aromatic N) is 4. The molecule has 6 heteroatoms. The summed E-state index contributed by atoms with van der Waals surface area (Å²) in [6.45, 7) is 7.63. The van der Waals surface area contributed by atoms with Crippen molar-refractivity contribution in [1.82, 2.24) is 19.6 Å². The van der Waals surface area contributed by atoms with Gasteiger partial charge in [0.15, 0.2) is 0 Å². The summed E-state index contributed by atoms with van der Waals surface area (Å²) in [6, 6.07) is 10.2. The van der Waals surface area contributed by atoms with Crippen LogP contribution in [-0.4, -0.2) is 57.6 Å². The van der Waals surface area contributed by atoms with Crippen LogP contribution in [0.1, 0.15) is 59.4 Å². The Balaban J connectivity index is 1.40. The van der Waals surface area contributed by atoms with E-state index in [1.807, 2.05) is 46.5 Å². The molecule has 0 radical (unpaired) electrons. The second kappa shape index (κ2) is 9.02. The molecule has 160 valence electrons. The molecule has 6 nitrogen and oxygen atoms in total. The van der Waals surface area contributed by atoms with Gasteiger partial charge in [-0.15, -0.1) is 0 Å². The third-order valence-corrected chi connectivity index (χ3v) is 6.57. The summed E-state index contributed by atoms with van der Waals surface area (Å²) in [4.78, 5) is 30.0. The molecule has 0 unspecified atom stereocenters. The average molecular weight is 409 g/mol. The Labute approximate surface area is 178 Å². The van der Waals surface area contributed by atoms with E-state index in [2.05, 4.69) is 17.2 Å². The van der Waals surface area contributed by atoms with Crippen molar-refractivity contribution in [1.29, 1.82) is 0 Å². The molecule has 0 aliphatic carbocycles. The van der Waals surface area contributed by atoms with E-state index in [-0.39, 0.29) is 11.8 Å². The molecule has 0 spiro atoms. The molecule has 30 heavy (non-hydrogen) atoms. The first-order valence-electron chi connectivity index (χ1n) is 11.2. The number of likely N-dealkylation sites (tertiary alicyclic amines) is 2. The molecule has 2 saturated heterocycles. The molecule has 2 amide bonds. The number of amides is 2. The number of piperidine rings is 2. The molecule has 3 heterocycles. The topological polar surface area (TPSA) is 58.4 Å². The quantitative estimate of drug-likeness (QED) is 0.779. The molecule has 1 aromatic carbocycles. The first-order chi connectivity index (χ1) is 14.5. The van der Waals surface area contributed by atoms with Crippen molar-refractivity contribution in [3.63, 3.8) is 0 Å². The fourth-order valence-electron chi connectivity index (χ4n) is 4.78. The van der Waals surface area contributed by atoms with E-state index in [0.717, 1.165) is 50.2 Å². The third kappa shape index (κ3) is 4.27. The van der Waals surface area contributed by atoms with Crippen LogP contribution in [0.15, 0.2) is 30.3 Å². The minimum atomic E-state index is 0.0492. The van der Waals surface area contributed by atoms with E-state index in [0.29, 0.717) is 31.1 Å². The summed E-state index contributed by atoms with van der Waals surface area (Å²) < 4.78 is 1.92. The maximum Gasteiger partial charge on any atom is 0.257 e. The Morgan fingerprint density at radius 2 is 1.60 bits per heavy atom. The van der Waals surface area contributed by atoms with Crippen molar-refractivity contribution in [2.45, 2.75) is 52.5 Å². The van der Waals surface area contributed by atoms with Gasteiger partial charge in [-0.2, -0.15) is 5.10 Å². The Morgan fingerprint density at radius 3 is 2.27 bits per heavy atom. The van der Waals surface area contributed by atoms with Gasteiger partial charge in [0.2, 0.25) is 5.91 Å².